The molecular weight excluding hydrogens is 66.0 g/mol. The Morgan fingerprint density at radius 1 is 2.00 bits per heavy atom. The zero-order valence-electron chi connectivity index (χ0n) is 3.27. The average Bonchev–Trinajstić information content (AvgIpc) is 1.38. The highest BCUT2D eigenvalue weighted by molar-refractivity contribution is 4.30. The van der Waals surface area contributed by atoms with Crippen LogP contribution in [0.1, 0.15) is 13.3 Å². The lowest BCUT2D eigenvalue weighted by molar-refractivity contribution is 0.0916. The number of nitrogens with two attached hydrogens (primary N) is 1. The van der Waals surface area contributed by atoms with Gasteiger partial charge in [0.2, 0.25) is 0 Å². The van der Waals surface area contributed by atoms with Crippen molar-refractivity contribution in [2.75, 3.05) is 0 Å². The SMILES string of the molecule is CCC(N)[O]. The zero-order chi connectivity index (χ0) is 4.28. The fourth-order valence-corrected chi connectivity index (χ4v) is 0. The predicted octanol–water partition coefficient (Wildman–Crippen LogP) is 0.112. The minimum Gasteiger partial charge on any atom is -0.303 e. The molecule has 0 aromatic carbocycles. The maximum atomic E-state index is 9.67. The normalized spacial score (nSPS) is 15.0. The second-order valence-electron chi connectivity index (χ2n) is 0.947. The van der Waals surface area contributed by atoms with E-state index in [1.165, 1.54) is 0 Å². The van der Waals surface area contributed by atoms with Crippen molar-refractivity contribution in [1.82, 2.24) is 0 Å². The molecule has 0 aliphatic carbocycles. The van der Waals surface area contributed by atoms with Gasteiger partial charge in [0.05, 0.1) is 0 Å². The Morgan fingerprint density at radius 3 is 2.20 bits per heavy atom. The van der Waals surface area contributed by atoms with E-state index in [1.807, 2.05) is 0 Å². The molecule has 0 spiro atoms. The van der Waals surface area contributed by atoms with E-state index < -0.39 is 6.23 Å². The van der Waals surface area contributed by atoms with Crippen molar-refractivity contribution >= 4 is 0 Å². The van der Waals surface area contributed by atoms with Crippen molar-refractivity contribution in [2.24, 2.45) is 5.73 Å². The van der Waals surface area contributed by atoms with Crippen LogP contribution in [0.2, 0.25) is 0 Å². The maximum Gasteiger partial charge on any atom is 0.141 e. The van der Waals surface area contributed by atoms with Gasteiger partial charge in [0.15, 0.2) is 0 Å². The van der Waals surface area contributed by atoms with Gasteiger partial charge in [0.1, 0.15) is 6.23 Å². The van der Waals surface area contributed by atoms with Gasteiger partial charge in [-0.05, 0) is 6.42 Å². The lowest BCUT2D eigenvalue weighted by Crippen LogP contribution is -2.14. The first-order valence-electron chi connectivity index (χ1n) is 1.68. The third kappa shape index (κ3) is 3.92. The van der Waals surface area contributed by atoms with E-state index in [2.05, 4.69) is 0 Å². The number of hydrogen-bond acceptors (Lipinski definition) is 1. The molecule has 0 aliphatic rings. The van der Waals surface area contributed by atoms with Crippen molar-refractivity contribution in [3.05, 3.63) is 0 Å². The Balaban J connectivity index is 2.54. The summed E-state index contributed by atoms with van der Waals surface area (Å²) in [5.74, 6) is 0. The lowest BCUT2D eigenvalue weighted by Gasteiger charge is -1.87. The quantitative estimate of drug-likeness (QED) is 0.441. The Bertz CT molecular complexity index is 20.9. The van der Waals surface area contributed by atoms with Crippen LogP contribution in [0.25, 0.3) is 0 Å². The molecule has 1 radical (unpaired) electrons. The molecule has 0 aromatic rings. The Labute approximate surface area is 31.6 Å². The molecule has 5 heavy (non-hydrogen) atoms. The van der Waals surface area contributed by atoms with Gasteiger partial charge >= 0.3 is 0 Å². The standard InChI is InChI=1S/C3H8NO/c1-2-3(4)5/h3H,2,4H2,1H3. The maximum absolute atomic E-state index is 9.67. The van der Waals surface area contributed by atoms with Crippen molar-refractivity contribution in [3.63, 3.8) is 0 Å². The van der Waals surface area contributed by atoms with Gasteiger partial charge in [-0.25, -0.2) is 5.11 Å². The van der Waals surface area contributed by atoms with Crippen molar-refractivity contribution in [3.8, 4) is 0 Å². The summed E-state index contributed by atoms with van der Waals surface area (Å²) in [6.45, 7) is 1.76. The van der Waals surface area contributed by atoms with Gasteiger partial charge in [0.25, 0.3) is 0 Å². The van der Waals surface area contributed by atoms with Crippen LogP contribution in [0.5, 0.6) is 0 Å². The highest BCUT2D eigenvalue weighted by Crippen LogP contribution is 1.74. The predicted molar refractivity (Wildman–Crippen MR) is 19.0 cm³/mol. The van der Waals surface area contributed by atoms with Crippen LogP contribution in [-0.4, -0.2) is 6.23 Å². The topological polar surface area (TPSA) is 45.9 Å². The summed E-state index contributed by atoms with van der Waals surface area (Å²) in [6.07, 6.45) is -0.338. The third-order valence-corrected chi connectivity index (χ3v) is 0.402. The van der Waals surface area contributed by atoms with Crippen molar-refractivity contribution < 1.29 is 5.11 Å². The van der Waals surface area contributed by atoms with E-state index >= 15 is 0 Å². The summed E-state index contributed by atoms with van der Waals surface area (Å²) in [5, 5.41) is 9.67. The molecule has 2 nitrogen and oxygen atoms in total. The summed E-state index contributed by atoms with van der Waals surface area (Å²) in [7, 11) is 0. The molecule has 0 fully saturated rings. The van der Waals surface area contributed by atoms with Crippen molar-refractivity contribution in [1.29, 1.82) is 0 Å². The summed E-state index contributed by atoms with van der Waals surface area (Å²) in [6, 6.07) is 0. The molecule has 2 N–H and O–H groups in total. The van der Waals surface area contributed by atoms with Crippen LogP contribution in [-0.2, 0) is 5.11 Å². The first-order valence-corrected chi connectivity index (χ1v) is 1.68. The molecule has 0 saturated heterocycles. The smallest absolute Gasteiger partial charge is 0.141 e. The van der Waals surface area contributed by atoms with Gasteiger partial charge < -0.3 is 5.73 Å². The minimum absolute atomic E-state index is 0.528. The molecule has 0 bridgehead atoms. The van der Waals surface area contributed by atoms with Crippen LogP contribution >= 0.6 is 0 Å². The highest BCUT2D eigenvalue weighted by Gasteiger charge is 1.84. The summed E-state index contributed by atoms with van der Waals surface area (Å²) < 4.78 is 0. The molecule has 0 rings (SSSR count). The van der Waals surface area contributed by atoms with E-state index in [1.54, 1.807) is 6.92 Å². The Morgan fingerprint density at radius 2 is 2.20 bits per heavy atom. The zero-order valence-corrected chi connectivity index (χ0v) is 3.27. The highest BCUT2D eigenvalue weighted by atomic mass is 16.3. The van der Waals surface area contributed by atoms with Gasteiger partial charge in [-0.2, -0.15) is 0 Å². The minimum atomic E-state index is -0.866. The monoisotopic (exact) mass is 74.1 g/mol. The van der Waals surface area contributed by atoms with E-state index in [-0.39, 0.29) is 0 Å². The molecule has 0 heterocycles. The summed E-state index contributed by atoms with van der Waals surface area (Å²) in [4.78, 5) is 0. The molecule has 31 valence electrons. The van der Waals surface area contributed by atoms with Crippen LogP contribution in [0.3, 0.4) is 0 Å². The largest absolute Gasteiger partial charge is 0.303 e. The second kappa shape index (κ2) is 2.18. The fraction of sp³-hybridized carbons (Fsp3) is 1.00. The van der Waals surface area contributed by atoms with Gasteiger partial charge in [-0.3, -0.25) is 0 Å². The molecule has 2 heteroatoms. The molecule has 0 saturated carbocycles. The molecular formula is C3H8NO. The Kier molecular flexibility index (Phi) is 2.14. The molecule has 0 aliphatic heterocycles. The third-order valence-electron chi connectivity index (χ3n) is 0.402. The fourth-order valence-electron chi connectivity index (χ4n) is 0. The van der Waals surface area contributed by atoms with Crippen LogP contribution in [0.15, 0.2) is 0 Å². The van der Waals surface area contributed by atoms with Gasteiger partial charge in [-0.1, -0.05) is 6.92 Å². The van der Waals surface area contributed by atoms with E-state index in [9.17, 15) is 5.11 Å². The number of rotatable bonds is 1. The molecule has 1 atom stereocenters. The van der Waals surface area contributed by atoms with Crippen LogP contribution < -0.4 is 5.73 Å². The van der Waals surface area contributed by atoms with Crippen LogP contribution in [0.4, 0.5) is 0 Å². The average molecular weight is 74.1 g/mol. The van der Waals surface area contributed by atoms with E-state index in [0.717, 1.165) is 0 Å². The summed E-state index contributed by atoms with van der Waals surface area (Å²) in [5.41, 5.74) is 4.74. The molecule has 0 aromatic heterocycles. The molecule has 0 amide bonds. The summed E-state index contributed by atoms with van der Waals surface area (Å²) >= 11 is 0. The van der Waals surface area contributed by atoms with Gasteiger partial charge in [-0.15, -0.1) is 0 Å². The lowest BCUT2D eigenvalue weighted by atomic mass is 10.5. The first-order chi connectivity index (χ1) is 2.27. The molecule has 1 unspecified atom stereocenters. The van der Waals surface area contributed by atoms with E-state index in [0.29, 0.717) is 6.42 Å². The van der Waals surface area contributed by atoms with Gasteiger partial charge in [0, 0.05) is 0 Å². The van der Waals surface area contributed by atoms with Crippen molar-refractivity contribution in [2.45, 2.75) is 19.6 Å². The second-order valence-corrected chi connectivity index (χ2v) is 0.947. The Hall–Kier alpha value is -0.0800. The van der Waals surface area contributed by atoms with Crippen LogP contribution in [0, 0.1) is 0 Å². The first kappa shape index (κ1) is 4.92. The van der Waals surface area contributed by atoms with E-state index in [4.69, 9.17) is 5.73 Å². The number of hydrogen-bond donors (Lipinski definition) is 1.